The van der Waals surface area contributed by atoms with Gasteiger partial charge in [-0.2, -0.15) is 0 Å². The largest absolute Gasteiger partial charge is 0.370 e. The summed E-state index contributed by atoms with van der Waals surface area (Å²) in [4.78, 5) is 11.8. The van der Waals surface area contributed by atoms with Gasteiger partial charge in [0.15, 0.2) is 5.78 Å². The highest BCUT2D eigenvalue weighted by Crippen LogP contribution is 2.22. The quantitative estimate of drug-likeness (QED) is 0.724. The van der Waals surface area contributed by atoms with Gasteiger partial charge in [0.1, 0.15) is 17.7 Å². The number of carbonyl (C=O) groups excluding carboxylic acids is 1. The molecule has 1 heterocycles. The Morgan fingerprint density at radius 1 is 1.44 bits per heavy atom. The van der Waals surface area contributed by atoms with Gasteiger partial charge in [-0.15, -0.1) is 0 Å². The van der Waals surface area contributed by atoms with Crippen molar-refractivity contribution in [3.8, 4) is 0 Å². The minimum absolute atomic E-state index is 0.266. The van der Waals surface area contributed by atoms with E-state index in [0.717, 1.165) is 12.5 Å². The van der Waals surface area contributed by atoms with Crippen LogP contribution in [0.1, 0.15) is 28.8 Å². The third-order valence-corrected chi connectivity index (χ3v) is 2.75. The molecule has 2 nitrogen and oxygen atoms in total. The zero-order valence-electron chi connectivity index (χ0n) is 8.93. The number of halogens is 2. The number of Topliss-reactive ketones (excluding diaryl/α,β-unsaturated/α-hetero) is 1. The lowest BCUT2D eigenvalue weighted by atomic mass is 10.0. The number of benzene rings is 1. The fraction of sp³-hybridized carbons (Fsp3) is 0.417. The second-order valence-electron chi connectivity index (χ2n) is 3.92. The molecule has 0 aliphatic carbocycles. The number of ketones is 1. The molecular formula is C12H12F2O2. The number of aryl methyl sites for hydroxylation is 1. The molecule has 2 rings (SSSR count). The molecule has 0 spiro atoms. The molecule has 1 aliphatic rings. The maximum atomic E-state index is 13.6. The van der Waals surface area contributed by atoms with Gasteiger partial charge in [-0.1, -0.05) is 6.07 Å². The van der Waals surface area contributed by atoms with Gasteiger partial charge >= 0.3 is 0 Å². The molecule has 0 aromatic heterocycles. The fourth-order valence-electron chi connectivity index (χ4n) is 1.83. The minimum Gasteiger partial charge on any atom is -0.370 e. The van der Waals surface area contributed by atoms with E-state index in [2.05, 4.69) is 0 Å². The summed E-state index contributed by atoms with van der Waals surface area (Å²) in [5.74, 6) is -2.18. The van der Waals surface area contributed by atoms with Gasteiger partial charge < -0.3 is 4.74 Å². The molecule has 0 amide bonds. The molecule has 4 heteroatoms. The number of hydrogen-bond donors (Lipinski definition) is 0. The van der Waals surface area contributed by atoms with E-state index in [0.29, 0.717) is 13.0 Å². The zero-order chi connectivity index (χ0) is 11.7. The molecule has 86 valence electrons. The number of rotatable bonds is 2. The molecule has 1 fully saturated rings. The zero-order valence-corrected chi connectivity index (χ0v) is 8.93. The Morgan fingerprint density at radius 2 is 2.19 bits per heavy atom. The van der Waals surface area contributed by atoms with Crippen molar-refractivity contribution in [1.29, 1.82) is 0 Å². The van der Waals surface area contributed by atoms with Crippen LogP contribution >= 0.6 is 0 Å². The number of hydrogen-bond acceptors (Lipinski definition) is 2. The van der Waals surface area contributed by atoms with E-state index in [4.69, 9.17) is 4.74 Å². The topological polar surface area (TPSA) is 26.3 Å². The van der Waals surface area contributed by atoms with Crippen LogP contribution in [0.3, 0.4) is 0 Å². The highest BCUT2D eigenvalue weighted by molar-refractivity contribution is 6.00. The van der Waals surface area contributed by atoms with Crippen LogP contribution in [0.15, 0.2) is 12.1 Å². The second-order valence-corrected chi connectivity index (χ2v) is 3.92. The summed E-state index contributed by atoms with van der Waals surface area (Å²) in [5.41, 5.74) is -0.199. The van der Waals surface area contributed by atoms with E-state index in [1.54, 1.807) is 0 Å². The van der Waals surface area contributed by atoms with E-state index in [1.807, 2.05) is 0 Å². The summed E-state index contributed by atoms with van der Waals surface area (Å²) in [6, 6.07) is 2.43. The first kappa shape index (κ1) is 11.2. The summed E-state index contributed by atoms with van der Waals surface area (Å²) in [6.07, 6.45) is 0.600. The fourth-order valence-corrected chi connectivity index (χ4v) is 1.83. The van der Waals surface area contributed by atoms with Crippen molar-refractivity contribution in [3.63, 3.8) is 0 Å². The average Bonchev–Trinajstić information content (AvgIpc) is 2.77. The Bertz CT molecular complexity index is 423. The molecule has 1 saturated heterocycles. The number of ether oxygens (including phenoxy) is 1. The average molecular weight is 226 g/mol. The monoisotopic (exact) mass is 226 g/mol. The van der Waals surface area contributed by atoms with Gasteiger partial charge in [-0.3, -0.25) is 4.79 Å². The molecule has 0 saturated carbocycles. The summed E-state index contributed by atoms with van der Waals surface area (Å²) < 4.78 is 32.2. The van der Waals surface area contributed by atoms with E-state index < -0.39 is 29.1 Å². The standard InChI is InChI=1S/C12H12F2O2/c1-7-4-5-8(13)10(11(7)14)12(15)9-3-2-6-16-9/h4-5,9H,2-3,6H2,1H3. The van der Waals surface area contributed by atoms with Crippen molar-refractivity contribution < 1.29 is 18.3 Å². The Balaban J connectivity index is 2.39. The van der Waals surface area contributed by atoms with E-state index in [9.17, 15) is 13.6 Å². The Kier molecular flexibility index (Phi) is 3.01. The molecule has 1 aliphatic heterocycles. The van der Waals surface area contributed by atoms with Crippen molar-refractivity contribution >= 4 is 5.78 Å². The van der Waals surface area contributed by atoms with Crippen LogP contribution in [-0.2, 0) is 4.74 Å². The first-order valence-corrected chi connectivity index (χ1v) is 5.21. The molecule has 1 atom stereocenters. The SMILES string of the molecule is Cc1ccc(F)c(C(=O)C2CCCO2)c1F. The maximum absolute atomic E-state index is 13.6. The van der Waals surface area contributed by atoms with Crippen LogP contribution in [0.5, 0.6) is 0 Å². The first-order chi connectivity index (χ1) is 7.61. The van der Waals surface area contributed by atoms with Gasteiger partial charge in [0.05, 0.1) is 5.56 Å². The van der Waals surface area contributed by atoms with E-state index >= 15 is 0 Å². The Labute approximate surface area is 92.2 Å². The van der Waals surface area contributed by atoms with Gasteiger partial charge in [-0.05, 0) is 31.4 Å². The van der Waals surface area contributed by atoms with Gasteiger partial charge in [0.25, 0.3) is 0 Å². The van der Waals surface area contributed by atoms with E-state index in [-0.39, 0.29) is 5.56 Å². The van der Waals surface area contributed by atoms with Crippen LogP contribution in [-0.4, -0.2) is 18.5 Å². The summed E-state index contributed by atoms with van der Waals surface area (Å²) in [5, 5.41) is 0. The minimum atomic E-state index is -0.816. The second kappa shape index (κ2) is 4.29. The van der Waals surface area contributed by atoms with Crippen LogP contribution in [0, 0.1) is 18.6 Å². The third kappa shape index (κ3) is 1.85. The molecule has 1 aromatic rings. The lowest BCUT2D eigenvalue weighted by Crippen LogP contribution is -2.22. The van der Waals surface area contributed by atoms with Crippen molar-refractivity contribution in [2.75, 3.05) is 6.61 Å². The normalized spacial score (nSPS) is 20.1. The van der Waals surface area contributed by atoms with Crippen molar-refractivity contribution in [1.82, 2.24) is 0 Å². The van der Waals surface area contributed by atoms with Crippen LogP contribution in [0.2, 0.25) is 0 Å². The molecule has 0 radical (unpaired) electrons. The number of carbonyl (C=O) groups is 1. The van der Waals surface area contributed by atoms with Crippen molar-refractivity contribution in [2.45, 2.75) is 25.9 Å². The molecule has 1 aromatic carbocycles. The summed E-state index contributed by atoms with van der Waals surface area (Å²) in [6.45, 7) is 1.98. The summed E-state index contributed by atoms with van der Waals surface area (Å²) in [7, 11) is 0. The first-order valence-electron chi connectivity index (χ1n) is 5.21. The van der Waals surface area contributed by atoms with E-state index in [1.165, 1.54) is 13.0 Å². The predicted octanol–water partition coefficient (Wildman–Crippen LogP) is 2.63. The van der Waals surface area contributed by atoms with Crippen LogP contribution in [0.4, 0.5) is 8.78 Å². The van der Waals surface area contributed by atoms with Crippen LogP contribution in [0.25, 0.3) is 0 Å². The molecular weight excluding hydrogens is 214 g/mol. The van der Waals surface area contributed by atoms with Gasteiger partial charge in [0.2, 0.25) is 0 Å². The molecule has 0 bridgehead atoms. The molecule has 16 heavy (non-hydrogen) atoms. The summed E-state index contributed by atoms with van der Waals surface area (Å²) >= 11 is 0. The lowest BCUT2D eigenvalue weighted by molar-refractivity contribution is 0.0634. The Hall–Kier alpha value is -1.29. The van der Waals surface area contributed by atoms with Gasteiger partial charge in [0, 0.05) is 6.61 Å². The molecule has 0 N–H and O–H groups in total. The Morgan fingerprint density at radius 3 is 2.81 bits per heavy atom. The highest BCUT2D eigenvalue weighted by atomic mass is 19.1. The molecule has 1 unspecified atom stereocenters. The third-order valence-electron chi connectivity index (χ3n) is 2.75. The maximum Gasteiger partial charge on any atom is 0.197 e. The lowest BCUT2D eigenvalue weighted by Gasteiger charge is -2.10. The van der Waals surface area contributed by atoms with Crippen molar-refractivity contribution in [2.24, 2.45) is 0 Å². The highest BCUT2D eigenvalue weighted by Gasteiger charge is 2.29. The smallest absolute Gasteiger partial charge is 0.197 e. The van der Waals surface area contributed by atoms with Gasteiger partial charge in [-0.25, -0.2) is 8.78 Å². The van der Waals surface area contributed by atoms with Crippen LogP contribution < -0.4 is 0 Å². The van der Waals surface area contributed by atoms with Crippen molar-refractivity contribution in [3.05, 3.63) is 34.9 Å². The predicted molar refractivity (Wildman–Crippen MR) is 54.4 cm³/mol.